The van der Waals surface area contributed by atoms with Crippen LogP contribution in [0.4, 0.5) is 18.9 Å². The van der Waals surface area contributed by atoms with Crippen LogP contribution in [0.3, 0.4) is 0 Å². The van der Waals surface area contributed by atoms with Crippen LogP contribution >= 0.6 is 23.4 Å². The fourth-order valence-electron chi connectivity index (χ4n) is 2.46. The van der Waals surface area contributed by atoms with Crippen LogP contribution in [0.2, 0.25) is 5.02 Å². The summed E-state index contributed by atoms with van der Waals surface area (Å²) in [4.78, 5) is 16.4. The highest BCUT2D eigenvalue weighted by molar-refractivity contribution is 7.99. The minimum absolute atomic E-state index is 0.00221. The fraction of sp³-hybridized carbons (Fsp3) is 0.211. The summed E-state index contributed by atoms with van der Waals surface area (Å²) in [6.07, 6.45) is -4.61. The molecule has 3 aromatic rings. The molecule has 11 heteroatoms. The van der Waals surface area contributed by atoms with Crippen LogP contribution in [0, 0.1) is 0 Å². The summed E-state index contributed by atoms with van der Waals surface area (Å²) in [7, 11) is 0. The number of H-pyrrole nitrogens is 1. The lowest BCUT2D eigenvalue weighted by molar-refractivity contribution is -0.137. The first-order chi connectivity index (χ1) is 14.3. The van der Waals surface area contributed by atoms with E-state index in [1.165, 1.54) is 6.07 Å². The molecule has 1 amide bonds. The summed E-state index contributed by atoms with van der Waals surface area (Å²) >= 11 is 6.62. The molecule has 0 aliphatic rings. The lowest BCUT2D eigenvalue weighted by Crippen LogP contribution is -2.15. The van der Waals surface area contributed by atoms with Gasteiger partial charge in [-0.3, -0.25) is 9.89 Å². The summed E-state index contributed by atoms with van der Waals surface area (Å²) in [5.41, 5.74) is -0.214. The fourth-order valence-corrected chi connectivity index (χ4v) is 3.29. The Bertz CT molecular complexity index is 1030. The number of aromatic nitrogens is 3. The first kappa shape index (κ1) is 22.0. The zero-order valence-electron chi connectivity index (χ0n) is 15.6. The Balaban J connectivity index is 1.58. The molecular formula is C19H16ClF3N4O2S. The summed E-state index contributed by atoms with van der Waals surface area (Å²) in [6.45, 7) is 2.46. The number of rotatable bonds is 7. The number of nitrogens with zero attached hydrogens (tertiary/aromatic N) is 2. The quantitative estimate of drug-likeness (QED) is 0.473. The molecule has 0 atom stereocenters. The van der Waals surface area contributed by atoms with Crippen LogP contribution in [0.5, 0.6) is 5.75 Å². The van der Waals surface area contributed by atoms with Gasteiger partial charge < -0.3 is 10.1 Å². The second-order valence-electron chi connectivity index (χ2n) is 5.95. The van der Waals surface area contributed by atoms with E-state index in [4.69, 9.17) is 16.3 Å². The lowest BCUT2D eigenvalue weighted by Gasteiger charge is -2.11. The summed E-state index contributed by atoms with van der Waals surface area (Å²) in [5.74, 6) is 0.684. The highest BCUT2D eigenvalue weighted by atomic mass is 35.5. The number of halogens is 4. The van der Waals surface area contributed by atoms with Crippen molar-refractivity contribution < 1.29 is 22.7 Å². The molecular weight excluding hydrogens is 441 g/mol. The number of ether oxygens (including phenoxy) is 1. The van der Waals surface area contributed by atoms with Gasteiger partial charge in [0.05, 0.1) is 22.9 Å². The first-order valence-corrected chi connectivity index (χ1v) is 10.1. The second kappa shape index (κ2) is 9.40. The van der Waals surface area contributed by atoms with Crippen LogP contribution in [0.15, 0.2) is 47.6 Å². The number of nitrogens with one attached hydrogen (secondary N) is 2. The molecule has 0 bridgehead atoms. The summed E-state index contributed by atoms with van der Waals surface area (Å²) in [5, 5.41) is 9.13. The van der Waals surface area contributed by atoms with Crippen LogP contribution in [0.1, 0.15) is 12.5 Å². The molecule has 0 fully saturated rings. The van der Waals surface area contributed by atoms with E-state index in [0.29, 0.717) is 17.6 Å². The van der Waals surface area contributed by atoms with E-state index >= 15 is 0 Å². The number of anilines is 1. The lowest BCUT2D eigenvalue weighted by atomic mass is 10.2. The summed E-state index contributed by atoms with van der Waals surface area (Å²) < 4.78 is 44.1. The molecule has 0 unspecified atom stereocenters. The van der Waals surface area contributed by atoms with E-state index in [2.05, 4.69) is 20.5 Å². The Hall–Kier alpha value is -2.72. The molecule has 1 aromatic heterocycles. The number of hydrogen-bond acceptors (Lipinski definition) is 5. The van der Waals surface area contributed by atoms with Gasteiger partial charge in [-0.15, -0.1) is 5.10 Å². The smallest absolute Gasteiger partial charge is 0.417 e. The van der Waals surface area contributed by atoms with E-state index in [0.717, 1.165) is 35.2 Å². The SMILES string of the molecule is CCOc1ccc(-c2nc(SCC(=O)Nc3ccc(Cl)c(C(F)(F)F)c3)n[nH]2)cc1. The molecule has 3 rings (SSSR count). The predicted octanol–water partition coefficient (Wildman–Crippen LogP) is 5.27. The van der Waals surface area contributed by atoms with E-state index in [-0.39, 0.29) is 11.4 Å². The molecule has 158 valence electrons. The second-order valence-corrected chi connectivity index (χ2v) is 7.30. The Morgan fingerprint density at radius 2 is 1.97 bits per heavy atom. The van der Waals surface area contributed by atoms with Gasteiger partial charge in [0.1, 0.15) is 5.75 Å². The van der Waals surface area contributed by atoms with E-state index in [9.17, 15) is 18.0 Å². The monoisotopic (exact) mass is 456 g/mol. The third kappa shape index (κ3) is 5.67. The van der Waals surface area contributed by atoms with Crippen molar-refractivity contribution in [3.05, 3.63) is 53.1 Å². The van der Waals surface area contributed by atoms with Gasteiger partial charge in [-0.05, 0) is 49.4 Å². The third-order valence-corrected chi connectivity index (χ3v) is 4.97. The van der Waals surface area contributed by atoms with Crippen molar-refractivity contribution in [2.75, 3.05) is 17.7 Å². The Morgan fingerprint density at radius 3 is 2.63 bits per heavy atom. The van der Waals surface area contributed by atoms with Crippen molar-refractivity contribution in [1.29, 1.82) is 0 Å². The molecule has 0 spiro atoms. The molecule has 1 heterocycles. The van der Waals surface area contributed by atoms with Gasteiger partial charge in [-0.25, -0.2) is 4.98 Å². The number of carbonyl (C=O) groups is 1. The molecule has 0 aliphatic carbocycles. The maximum Gasteiger partial charge on any atom is 0.417 e. The Kier molecular flexibility index (Phi) is 6.88. The van der Waals surface area contributed by atoms with Gasteiger partial charge in [0.2, 0.25) is 11.1 Å². The highest BCUT2D eigenvalue weighted by Crippen LogP contribution is 2.36. The average Bonchev–Trinajstić information content (AvgIpc) is 3.17. The zero-order valence-corrected chi connectivity index (χ0v) is 17.2. The van der Waals surface area contributed by atoms with Gasteiger partial charge >= 0.3 is 6.18 Å². The maximum atomic E-state index is 12.9. The topological polar surface area (TPSA) is 79.9 Å². The Morgan fingerprint density at radius 1 is 1.23 bits per heavy atom. The number of alkyl halides is 3. The van der Waals surface area contributed by atoms with Gasteiger partial charge in [0, 0.05) is 11.3 Å². The minimum Gasteiger partial charge on any atom is -0.494 e. The number of carbonyl (C=O) groups excluding carboxylic acids is 1. The van der Waals surface area contributed by atoms with Crippen molar-refractivity contribution in [1.82, 2.24) is 15.2 Å². The molecule has 0 saturated heterocycles. The molecule has 30 heavy (non-hydrogen) atoms. The van der Waals surface area contributed by atoms with E-state index in [1.807, 2.05) is 31.2 Å². The normalized spacial score (nSPS) is 11.4. The van der Waals surface area contributed by atoms with Crippen LogP contribution in [0.25, 0.3) is 11.4 Å². The van der Waals surface area contributed by atoms with Crippen molar-refractivity contribution in [3.63, 3.8) is 0 Å². The first-order valence-electron chi connectivity index (χ1n) is 8.71. The largest absolute Gasteiger partial charge is 0.494 e. The standard InChI is InChI=1S/C19H16ClF3N4O2S/c1-2-29-13-6-3-11(4-7-13)17-25-18(27-26-17)30-10-16(28)24-12-5-8-15(20)14(9-12)19(21,22)23/h3-9H,2,10H2,1H3,(H,24,28)(H,25,26,27). The third-order valence-electron chi connectivity index (χ3n) is 3.79. The van der Waals surface area contributed by atoms with Gasteiger partial charge in [-0.2, -0.15) is 13.2 Å². The number of thioether (sulfide) groups is 1. The molecule has 2 N–H and O–H groups in total. The van der Waals surface area contributed by atoms with Gasteiger partial charge in [0.25, 0.3) is 0 Å². The van der Waals surface area contributed by atoms with Crippen molar-refractivity contribution in [3.8, 4) is 17.1 Å². The highest BCUT2D eigenvalue weighted by Gasteiger charge is 2.33. The number of aromatic amines is 1. The van der Waals surface area contributed by atoms with E-state index < -0.39 is 22.7 Å². The molecule has 2 aromatic carbocycles. The Labute approximate surface area is 179 Å². The van der Waals surface area contributed by atoms with Gasteiger partial charge in [0.15, 0.2) is 5.82 Å². The van der Waals surface area contributed by atoms with E-state index in [1.54, 1.807) is 0 Å². The number of hydrogen-bond donors (Lipinski definition) is 2. The minimum atomic E-state index is -4.61. The van der Waals surface area contributed by atoms with Crippen LogP contribution in [-0.2, 0) is 11.0 Å². The van der Waals surface area contributed by atoms with Crippen molar-refractivity contribution >= 4 is 35.0 Å². The average molecular weight is 457 g/mol. The molecule has 0 saturated carbocycles. The van der Waals surface area contributed by atoms with Crippen LogP contribution in [-0.4, -0.2) is 33.4 Å². The molecule has 6 nitrogen and oxygen atoms in total. The van der Waals surface area contributed by atoms with Crippen LogP contribution < -0.4 is 10.1 Å². The number of benzene rings is 2. The summed E-state index contributed by atoms with van der Waals surface area (Å²) in [6, 6.07) is 10.5. The maximum absolute atomic E-state index is 12.9. The molecule has 0 aliphatic heterocycles. The predicted molar refractivity (Wildman–Crippen MR) is 109 cm³/mol. The zero-order chi connectivity index (χ0) is 21.7. The molecule has 0 radical (unpaired) electrons. The van der Waals surface area contributed by atoms with Crippen molar-refractivity contribution in [2.45, 2.75) is 18.3 Å². The van der Waals surface area contributed by atoms with Crippen molar-refractivity contribution in [2.24, 2.45) is 0 Å². The number of amides is 1. The van der Waals surface area contributed by atoms with Gasteiger partial charge in [-0.1, -0.05) is 23.4 Å².